The van der Waals surface area contributed by atoms with Crippen LogP contribution in [0.4, 0.5) is 5.82 Å². The Balaban J connectivity index is 1.72. The van der Waals surface area contributed by atoms with Gasteiger partial charge in [-0.2, -0.15) is 0 Å². The molecule has 1 saturated heterocycles. The molecule has 22 heavy (non-hydrogen) atoms. The first-order valence-electron chi connectivity index (χ1n) is 7.63. The van der Waals surface area contributed by atoms with Crippen LogP contribution in [0.1, 0.15) is 41.3 Å². The van der Waals surface area contributed by atoms with Crippen LogP contribution in [0.25, 0.3) is 0 Å². The number of anilines is 1. The summed E-state index contributed by atoms with van der Waals surface area (Å²) in [4.78, 5) is 23.2. The summed E-state index contributed by atoms with van der Waals surface area (Å²) >= 11 is 0. The Morgan fingerprint density at radius 1 is 1.32 bits per heavy atom. The largest absolute Gasteiger partial charge is 0.467 e. The molecule has 0 spiro atoms. The van der Waals surface area contributed by atoms with E-state index < -0.39 is 0 Å². The molecule has 6 heteroatoms. The molecule has 0 atom stereocenters. The van der Waals surface area contributed by atoms with Gasteiger partial charge in [-0.3, -0.25) is 4.79 Å². The molecule has 6 nitrogen and oxygen atoms in total. The number of nitrogens with zero attached hydrogens (tertiary/aromatic N) is 3. The summed E-state index contributed by atoms with van der Waals surface area (Å²) < 4.78 is 5.21. The van der Waals surface area contributed by atoms with E-state index in [0.717, 1.165) is 24.7 Å². The zero-order valence-electron chi connectivity index (χ0n) is 12.7. The van der Waals surface area contributed by atoms with Gasteiger partial charge in [0.15, 0.2) is 0 Å². The van der Waals surface area contributed by atoms with E-state index in [1.165, 1.54) is 19.3 Å². The molecule has 1 aliphatic heterocycles. The van der Waals surface area contributed by atoms with Gasteiger partial charge < -0.3 is 14.6 Å². The molecule has 1 aliphatic rings. The molecule has 0 radical (unpaired) electrons. The number of aromatic nitrogens is 2. The second-order valence-corrected chi connectivity index (χ2v) is 5.47. The Labute approximate surface area is 129 Å². The molecule has 0 aliphatic carbocycles. The molecule has 1 amide bonds. The maximum atomic E-state index is 12.3. The quantitative estimate of drug-likeness (QED) is 0.938. The molecule has 1 fully saturated rings. The number of aryl methyl sites for hydroxylation is 1. The van der Waals surface area contributed by atoms with Gasteiger partial charge in [0.05, 0.1) is 12.8 Å². The molecule has 0 bridgehead atoms. The van der Waals surface area contributed by atoms with Crippen LogP contribution in [-0.4, -0.2) is 29.0 Å². The number of hydrogen-bond acceptors (Lipinski definition) is 5. The number of hydrogen-bond donors (Lipinski definition) is 1. The highest BCUT2D eigenvalue weighted by molar-refractivity contribution is 5.92. The van der Waals surface area contributed by atoms with Gasteiger partial charge in [0.2, 0.25) is 0 Å². The highest BCUT2D eigenvalue weighted by Gasteiger charge is 2.16. The number of rotatable bonds is 4. The fourth-order valence-corrected chi connectivity index (χ4v) is 2.62. The lowest BCUT2D eigenvalue weighted by atomic mass is 10.1. The van der Waals surface area contributed by atoms with Crippen molar-refractivity contribution in [1.29, 1.82) is 0 Å². The molecular weight excluding hydrogens is 280 g/mol. The van der Waals surface area contributed by atoms with E-state index in [4.69, 9.17) is 4.42 Å². The average molecular weight is 300 g/mol. The van der Waals surface area contributed by atoms with Crippen molar-refractivity contribution in [3.63, 3.8) is 0 Å². The zero-order valence-corrected chi connectivity index (χ0v) is 12.7. The van der Waals surface area contributed by atoms with Crippen molar-refractivity contribution in [2.75, 3.05) is 18.0 Å². The lowest BCUT2D eigenvalue weighted by Gasteiger charge is -2.28. The number of nitrogens with one attached hydrogen (secondary N) is 1. The van der Waals surface area contributed by atoms with Gasteiger partial charge in [-0.05, 0) is 38.3 Å². The zero-order chi connectivity index (χ0) is 15.4. The Hall–Kier alpha value is -2.37. The molecule has 0 saturated carbocycles. The van der Waals surface area contributed by atoms with Crippen LogP contribution in [0, 0.1) is 6.92 Å². The Morgan fingerprint density at radius 2 is 2.14 bits per heavy atom. The van der Waals surface area contributed by atoms with Gasteiger partial charge in [-0.25, -0.2) is 9.97 Å². The van der Waals surface area contributed by atoms with Crippen LogP contribution in [0.15, 0.2) is 28.9 Å². The second kappa shape index (κ2) is 6.60. The fraction of sp³-hybridized carbons (Fsp3) is 0.438. The van der Waals surface area contributed by atoms with Gasteiger partial charge in [-0.15, -0.1) is 0 Å². The molecule has 1 N–H and O–H groups in total. The summed E-state index contributed by atoms with van der Waals surface area (Å²) in [6, 6.07) is 5.39. The normalized spacial score (nSPS) is 14.9. The van der Waals surface area contributed by atoms with Gasteiger partial charge in [0, 0.05) is 19.2 Å². The molecule has 3 rings (SSSR count). The van der Waals surface area contributed by atoms with Crippen molar-refractivity contribution >= 4 is 11.7 Å². The fourth-order valence-electron chi connectivity index (χ4n) is 2.62. The third kappa shape index (κ3) is 3.44. The molecule has 3 heterocycles. The van der Waals surface area contributed by atoms with E-state index in [-0.39, 0.29) is 5.91 Å². The van der Waals surface area contributed by atoms with E-state index in [2.05, 4.69) is 20.2 Å². The number of furan rings is 1. The Kier molecular flexibility index (Phi) is 4.37. The van der Waals surface area contributed by atoms with Crippen LogP contribution in [-0.2, 0) is 6.54 Å². The van der Waals surface area contributed by atoms with Crippen LogP contribution < -0.4 is 10.2 Å². The summed E-state index contributed by atoms with van der Waals surface area (Å²) in [6.45, 7) is 4.15. The minimum Gasteiger partial charge on any atom is -0.467 e. The Bertz CT molecular complexity index is 634. The highest BCUT2D eigenvalue weighted by Crippen LogP contribution is 2.18. The van der Waals surface area contributed by atoms with Crippen LogP contribution in [0.2, 0.25) is 0 Å². The minimum absolute atomic E-state index is 0.208. The van der Waals surface area contributed by atoms with Crippen LogP contribution >= 0.6 is 0 Å². The third-order valence-electron chi connectivity index (χ3n) is 3.74. The predicted molar refractivity (Wildman–Crippen MR) is 82.7 cm³/mol. The second-order valence-electron chi connectivity index (χ2n) is 5.47. The third-order valence-corrected chi connectivity index (χ3v) is 3.74. The smallest absolute Gasteiger partial charge is 0.270 e. The van der Waals surface area contributed by atoms with Gasteiger partial charge >= 0.3 is 0 Å². The van der Waals surface area contributed by atoms with Crippen LogP contribution in [0.3, 0.4) is 0 Å². The summed E-state index contributed by atoms with van der Waals surface area (Å²) in [6.07, 6.45) is 5.19. The monoisotopic (exact) mass is 300 g/mol. The average Bonchev–Trinajstić information content (AvgIpc) is 3.06. The minimum atomic E-state index is -0.208. The highest BCUT2D eigenvalue weighted by atomic mass is 16.3. The van der Waals surface area contributed by atoms with Crippen molar-refractivity contribution in [1.82, 2.24) is 15.3 Å². The maximum absolute atomic E-state index is 12.3. The molecule has 0 unspecified atom stereocenters. The maximum Gasteiger partial charge on any atom is 0.270 e. The topological polar surface area (TPSA) is 71.3 Å². The van der Waals surface area contributed by atoms with Crippen molar-refractivity contribution in [2.45, 2.75) is 32.7 Å². The van der Waals surface area contributed by atoms with E-state index >= 15 is 0 Å². The molecular formula is C16H20N4O2. The van der Waals surface area contributed by atoms with Gasteiger partial charge in [0.25, 0.3) is 5.91 Å². The predicted octanol–water partition coefficient (Wildman–Crippen LogP) is 2.30. The lowest BCUT2D eigenvalue weighted by Crippen LogP contribution is -2.31. The number of amides is 1. The standard InChI is InChI=1S/C16H20N4O2/c1-12-18-14(16(21)17-11-13-6-5-9-22-13)10-15(19-12)20-7-3-2-4-8-20/h5-6,9-10H,2-4,7-8,11H2,1H3,(H,17,21). The van der Waals surface area contributed by atoms with E-state index in [1.54, 1.807) is 18.4 Å². The summed E-state index contributed by atoms with van der Waals surface area (Å²) in [5.41, 5.74) is 0.402. The number of carbonyl (C=O) groups is 1. The summed E-state index contributed by atoms with van der Waals surface area (Å²) in [5.74, 6) is 1.97. The first-order valence-corrected chi connectivity index (χ1v) is 7.63. The first-order chi connectivity index (χ1) is 10.7. The van der Waals surface area contributed by atoms with E-state index in [9.17, 15) is 4.79 Å². The molecule has 2 aromatic heterocycles. The van der Waals surface area contributed by atoms with E-state index in [1.807, 2.05) is 13.0 Å². The summed E-state index contributed by atoms with van der Waals surface area (Å²) in [7, 11) is 0. The van der Waals surface area contributed by atoms with Gasteiger partial charge in [-0.1, -0.05) is 0 Å². The van der Waals surface area contributed by atoms with Gasteiger partial charge in [0.1, 0.15) is 23.1 Å². The van der Waals surface area contributed by atoms with Crippen molar-refractivity contribution in [2.24, 2.45) is 0 Å². The molecule has 116 valence electrons. The summed E-state index contributed by atoms with van der Waals surface area (Å²) in [5, 5.41) is 2.82. The molecule has 2 aromatic rings. The number of carbonyl (C=O) groups excluding carboxylic acids is 1. The van der Waals surface area contributed by atoms with Crippen molar-refractivity contribution < 1.29 is 9.21 Å². The van der Waals surface area contributed by atoms with Crippen LogP contribution in [0.5, 0.6) is 0 Å². The van der Waals surface area contributed by atoms with E-state index in [0.29, 0.717) is 18.1 Å². The van der Waals surface area contributed by atoms with Crippen molar-refractivity contribution in [3.8, 4) is 0 Å². The SMILES string of the molecule is Cc1nc(C(=O)NCc2ccco2)cc(N2CCCCC2)n1. The first kappa shape index (κ1) is 14.6. The lowest BCUT2D eigenvalue weighted by molar-refractivity contribution is 0.0942. The van der Waals surface area contributed by atoms with Crippen molar-refractivity contribution in [3.05, 3.63) is 41.7 Å². The number of piperidine rings is 1. The Morgan fingerprint density at radius 3 is 2.86 bits per heavy atom. The molecule has 0 aromatic carbocycles.